The molecule has 2 aromatic heterocycles. The van der Waals surface area contributed by atoms with Gasteiger partial charge in [0, 0.05) is 43.0 Å². The van der Waals surface area contributed by atoms with Crippen molar-refractivity contribution in [2.45, 2.75) is 32.4 Å². The van der Waals surface area contributed by atoms with Crippen LogP contribution < -0.4 is 27.4 Å². The summed E-state index contributed by atoms with van der Waals surface area (Å²) in [4.78, 5) is 24.0. The predicted octanol–water partition coefficient (Wildman–Crippen LogP) is 0.939. The number of aliphatic imine (C=N–C) groups is 1. The predicted molar refractivity (Wildman–Crippen MR) is 124 cm³/mol. The van der Waals surface area contributed by atoms with Crippen LogP contribution in [0.1, 0.15) is 30.6 Å². The van der Waals surface area contributed by atoms with E-state index in [0.29, 0.717) is 24.2 Å². The highest BCUT2D eigenvalue weighted by molar-refractivity contribution is 5.78. The molecule has 0 radical (unpaired) electrons. The van der Waals surface area contributed by atoms with Gasteiger partial charge in [0.2, 0.25) is 0 Å². The number of H-pyrrole nitrogens is 1. The minimum Gasteiger partial charge on any atom is -0.370 e. The molecule has 1 fully saturated rings. The van der Waals surface area contributed by atoms with Gasteiger partial charge in [0.25, 0.3) is 0 Å². The van der Waals surface area contributed by atoms with Crippen molar-refractivity contribution >= 4 is 17.0 Å². The van der Waals surface area contributed by atoms with Crippen LogP contribution in [0.4, 0.5) is 0 Å². The van der Waals surface area contributed by atoms with Crippen molar-refractivity contribution in [2.24, 2.45) is 10.7 Å². The Kier molecular flexibility index (Phi) is 6.34. The van der Waals surface area contributed by atoms with E-state index < -0.39 is 0 Å². The van der Waals surface area contributed by atoms with E-state index in [-0.39, 0.29) is 11.7 Å². The first-order valence-corrected chi connectivity index (χ1v) is 10.7. The average molecular weight is 423 g/mol. The van der Waals surface area contributed by atoms with Crippen LogP contribution in [-0.4, -0.2) is 52.7 Å². The highest BCUT2D eigenvalue weighted by Crippen LogP contribution is 2.17. The second kappa shape index (κ2) is 9.32. The van der Waals surface area contributed by atoms with Crippen LogP contribution in [0.3, 0.4) is 0 Å². The molecular formula is C22H30N8O. The molecule has 9 heteroatoms. The van der Waals surface area contributed by atoms with E-state index in [9.17, 15) is 4.79 Å². The normalized spacial score (nSPS) is 15.7. The van der Waals surface area contributed by atoms with Crippen molar-refractivity contribution in [1.82, 2.24) is 30.5 Å². The van der Waals surface area contributed by atoms with Gasteiger partial charge in [-0.05, 0) is 50.6 Å². The summed E-state index contributed by atoms with van der Waals surface area (Å²) in [6, 6.07) is 10.6. The van der Waals surface area contributed by atoms with Crippen LogP contribution in [-0.2, 0) is 0 Å². The van der Waals surface area contributed by atoms with Gasteiger partial charge in [0.05, 0.1) is 11.7 Å². The lowest BCUT2D eigenvalue weighted by atomic mass is 10.1. The first-order chi connectivity index (χ1) is 15.0. The van der Waals surface area contributed by atoms with E-state index in [2.05, 4.69) is 37.8 Å². The number of nitrogens with zero attached hydrogens (tertiary/aromatic N) is 3. The molecule has 0 spiro atoms. The standard InChI is InChI=1S/C22H30N8O/c1-14-10-17-13-30(22(31)29-20(17)27-14)19-6-4-16(5-7-19)15(2)25-8-3-9-26-21(23)28-18-11-24-12-18/h4-7,10,13,15,18,24-25H,3,8-9,11-12H2,1-2H3,(H3,23,26,28)(H,27,29,31)/t15-/m0/s1. The zero-order valence-electron chi connectivity index (χ0n) is 18.0. The van der Waals surface area contributed by atoms with Gasteiger partial charge in [-0.15, -0.1) is 0 Å². The van der Waals surface area contributed by atoms with Crippen molar-refractivity contribution in [1.29, 1.82) is 0 Å². The van der Waals surface area contributed by atoms with Crippen molar-refractivity contribution in [3.8, 4) is 5.69 Å². The van der Waals surface area contributed by atoms with Gasteiger partial charge in [0.15, 0.2) is 5.96 Å². The Morgan fingerprint density at radius 1 is 1.35 bits per heavy atom. The molecule has 4 rings (SSSR count). The van der Waals surface area contributed by atoms with Crippen molar-refractivity contribution in [3.05, 3.63) is 58.3 Å². The molecule has 9 nitrogen and oxygen atoms in total. The molecule has 6 N–H and O–H groups in total. The summed E-state index contributed by atoms with van der Waals surface area (Å²) in [5.74, 6) is 0.521. The molecule has 1 saturated heterocycles. The Morgan fingerprint density at radius 3 is 2.84 bits per heavy atom. The van der Waals surface area contributed by atoms with Gasteiger partial charge in [-0.1, -0.05) is 12.1 Å². The van der Waals surface area contributed by atoms with Crippen LogP contribution >= 0.6 is 0 Å². The molecule has 31 heavy (non-hydrogen) atoms. The quantitative estimate of drug-likeness (QED) is 0.209. The van der Waals surface area contributed by atoms with Gasteiger partial charge >= 0.3 is 5.69 Å². The Hall–Kier alpha value is -3.17. The lowest BCUT2D eigenvalue weighted by molar-refractivity contribution is 0.410. The maximum absolute atomic E-state index is 12.4. The fourth-order valence-corrected chi connectivity index (χ4v) is 3.60. The summed E-state index contributed by atoms with van der Waals surface area (Å²) in [5.41, 5.74) is 9.15. The van der Waals surface area contributed by atoms with E-state index >= 15 is 0 Å². The maximum atomic E-state index is 12.4. The third-order valence-electron chi connectivity index (χ3n) is 5.52. The minimum atomic E-state index is -0.295. The number of rotatable bonds is 8. The van der Waals surface area contributed by atoms with Crippen LogP contribution in [0.5, 0.6) is 0 Å². The minimum absolute atomic E-state index is 0.194. The topological polar surface area (TPSA) is 125 Å². The van der Waals surface area contributed by atoms with Crippen molar-refractivity contribution in [2.75, 3.05) is 26.2 Å². The molecule has 1 aliphatic heterocycles. The lowest BCUT2D eigenvalue weighted by Gasteiger charge is -2.28. The number of fused-ring (bicyclic) bond motifs is 1. The van der Waals surface area contributed by atoms with Crippen molar-refractivity contribution < 1.29 is 0 Å². The first-order valence-electron chi connectivity index (χ1n) is 10.7. The zero-order valence-corrected chi connectivity index (χ0v) is 18.0. The van der Waals surface area contributed by atoms with Gasteiger partial charge in [-0.3, -0.25) is 9.56 Å². The second-order valence-electron chi connectivity index (χ2n) is 8.04. The molecule has 0 aliphatic carbocycles. The Morgan fingerprint density at radius 2 is 2.13 bits per heavy atom. The molecule has 164 valence electrons. The fraction of sp³-hybridized carbons (Fsp3) is 0.409. The smallest absolute Gasteiger partial charge is 0.354 e. The zero-order chi connectivity index (χ0) is 21.8. The van der Waals surface area contributed by atoms with Gasteiger partial charge < -0.3 is 26.7 Å². The van der Waals surface area contributed by atoms with E-state index in [1.807, 2.05) is 43.5 Å². The molecule has 0 unspecified atom stereocenters. The van der Waals surface area contributed by atoms with E-state index in [0.717, 1.165) is 48.4 Å². The lowest BCUT2D eigenvalue weighted by Crippen LogP contribution is -2.58. The van der Waals surface area contributed by atoms with E-state index in [1.54, 1.807) is 4.57 Å². The number of aryl methyl sites for hydroxylation is 1. The van der Waals surface area contributed by atoms with E-state index in [1.165, 1.54) is 0 Å². The number of aromatic amines is 1. The number of guanidine groups is 1. The molecule has 3 aromatic rings. The third kappa shape index (κ3) is 5.12. The number of hydrogen-bond donors (Lipinski definition) is 5. The molecule has 3 heterocycles. The number of nitrogens with one attached hydrogen (secondary N) is 4. The van der Waals surface area contributed by atoms with Gasteiger partial charge in [-0.25, -0.2) is 4.79 Å². The van der Waals surface area contributed by atoms with Crippen molar-refractivity contribution in [3.63, 3.8) is 0 Å². The first kappa shape index (κ1) is 21.1. The highest BCUT2D eigenvalue weighted by Gasteiger charge is 2.16. The Balaban J connectivity index is 1.30. The maximum Gasteiger partial charge on any atom is 0.354 e. The Bertz CT molecular complexity index is 1110. The largest absolute Gasteiger partial charge is 0.370 e. The summed E-state index contributed by atoms with van der Waals surface area (Å²) < 4.78 is 1.58. The number of nitrogens with two attached hydrogens (primary N) is 1. The average Bonchev–Trinajstić information content (AvgIpc) is 3.08. The summed E-state index contributed by atoms with van der Waals surface area (Å²) in [7, 11) is 0. The van der Waals surface area contributed by atoms with Crippen LogP contribution in [0.2, 0.25) is 0 Å². The molecule has 0 amide bonds. The number of aromatic nitrogens is 3. The molecule has 1 atom stereocenters. The summed E-state index contributed by atoms with van der Waals surface area (Å²) in [6.45, 7) is 7.50. The van der Waals surface area contributed by atoms with Gasteiger partial charge in [0.1, 0.15) is 5.65 Å². The highest BCUT2D eigenvalue weighted by atomic mass is 16.1. The molecule has 0 saturated carbocycles. The van der Waals surface area contributed by atoms with E-state index in [4.69, 9.17) is 5.73 Å². The fourth-order valence-electron chi connectivity index (χ4n) is 3.60. The molecular weight excluding hydrogens is 392 g/mol. The molecule has 0 bridgehead atoms. The van der Waals surface area contributed by atoms with Crippen LogP contribution in [0, 0.1) is 6.92 Å². The third-order valence-corrected chi connectivity index (χ3v) is 5.52. The summed E-state index contributed by atoms with van der Waals surface area (Å²) in [5, 5.41) is 10.8. The number of hydrogen-bond acceptors (Lipinski definition) is 5. The second-order valence-corrected chi connectivity index (χ2v) is 8.04. The molecule has 1 aromatic carbocycles. The van der Waals surface area contributed by atoms with Gasteiger partial charge in [-0.2, -0.15) is 4.98 Å². The number of benzene rings is 1. The summed E-state index contributed by atoms with van der Waals surface area (Å²) in [6.07, 6.45) is 2.73. The Labute approximate surface area is 181 Å². The van der Waals surface area contributed by atoms with Crippen LogP contribution in [0.15, 0.2) is 46.3 Å². The monoisotopic (exact) mass is 422 g/mol. The summed E-state index contributed by atoms with van der Waals surface area (Å²) >= 11 is 0. The molecule has 1 aliphatic rings. The van der Waals surface area contributed by atoms with Crippen LogP contribution in [0.25, 0.3) is 16.7 Å². The SMILES string of the molecule is Cc1cc2cn(-c3ccc([C@H](C)NCCCN=C(N)NC4CNC4)cc3)c(=O)nc2[nH]1.